The van der Waals surface area contributed by atoms with E-state index in [0.29, 0.717) is 16.8 Å². The molecule has 132 valence electrons. The Bertz CT molecular complexity index is 1030. The molecule has 0 fully saturated rings. The van der Waals surface area contributed by atoms with Gasteiger partial charge in [0, 0.05) is 22.9 Å². The Hall–Kier alpha value is -3.49. The van der Waals surface area contributed by atoms with E-state index in [0.717, 1.165) is 12.1 Å². The molecule has 0 saturated carbocycles. The van der Waals surface area contributed by atoms with Gasteiger partial charge in [-0.1, -0.05) is 24.3 Å². The normalized spacial score (nSPS) is 12.0. The van der Waals surface area contributed by atoms with Gasteiger partial charge in [0.1, 0.15) is 5.75 Å². The number of aromatic hydroxyl groups is 1. The predicted octanol–water partition coefficient (Wildman–Crippen LogP) is 5.89. The largest absolute Gasteiger partial charge is 0.507 e. The number of nitro groups is 1. The first kappa shape index (κ1) is 17.3. The monoisotopic (exact) mass is 361 g/mol. The fraction of sp³-hybridized carbons (Fsp3) is 0.0588. The Morgan fingerprint density at radius 3 is 2.19 bits per heavy atom. The third kappa shape index (κ3) is 3.32. The number of phenolic OH excluding ortho intramolecular Hbond substituents is 1. The van der Waals surface area contributed by atoms with Crippen molar-refractivity contribution in [3.63, 3.8) is 0 Å². The molecule has 3 rings (SSSR count). The molecule has 1 N–H and O–H groups in total. The van der Waals surface area contributed by atoms with Crippen LogP contribution in [0.15, 0.2) is 64.8 Å². The lowest BCUT2D eigenvalue weighted by atomic mass is 10.1. The molecule has 0 amide bonds. The van der Waals surface area contributed by atoms with E-state index in [1.807, 2.05) is 0 Å². The SMILES string of the molecule is O=[N+]([O-])c1ccc(N=Nc2ccc(O)c3ccccc23)c(C(F)(F)F)c1. The predicted molar refractivity (Wildman–Crippen MR) is 87.9 cm³/mol. The van der Waals surface area contributed by atoms with Crippen LogP contribution in [-0.4, -0.2) is 10.0 Å². The van der Waals surface area contributed by atoms with E-state index < -0.39 is 28.0 Å². The molecular weight excluding hydrogens is 351 g/mol. The molecule has 26 heavy (non-hydrogen) atoms. The number of rotatable bonds is 3. The fourth-order valence-corrected chi connectivity index (χ4v) is 2.41. The molecule has 0 spiro atoms. The number of nitrogens with zero attached hydrogens (tertiary/aromatic N) is 3. The van der Waals surface area contributed by atoms with E-state index in [9.17, 15) is 28.4 Å². The summed E-state index contributed by atoms with van der Waals surface area (Å²) in [7, 11) is 0. The average Bonchev–Trinajstić information content (AvgIpc) is 2.60. The van der Waals surface area contributed by atoms with Crippen molar-refractivity contribution < 1.29 is 23.2 Å². The van der Waals surface area contributed by atoms with Crippen LogP contribution in [0, 0.1) is 10.1 Å². The summed E-state index contributed by atoms with van der Waals surface area (Å²) in [5.74, 6) is 0.00543. The summed E-state index contributed by atoms with van der Waals surface area (Å²) in [5.41, 5.74) is -2.23. The van der Waals surface area contributed by atoms with Gasteiger partial charge in [0.15, 0.2) is 0 Å². The third-order valence-electron chi connectivity index (χ3n) is 3.64. The maximum absolute atomic E-state index is 13.2. The van der Waals surface area contributed by atoms with E-state index in [-0.39, 0.29) is 11.4 Å². The first-order valence-corrected chi connectivity index (χ1v) is 7.25. The van der Waals surface area contributed by atoms with Gasteiger partial charge in [0.2, 0.25) is 0 Å². The van der Waals surface area contributed by atoms with Crippen LogP contribution >= 0.6 is 0 Å². The minimum Gasteiger partial charge on any atom is -0.507 e. The highest BCUT2D eigenvalue weighted by molar-refractivity contribution is 5.96. The molecule has 0 atom stereocenters. The molecular formula is C17H10F3N3O3. The molecule has 0 bridgehead atoms. The van der Waals surface area contributed by atoms with Crippen molar-refractivity contribution in [3.8, 4) is 5.75 Å². The van der Waals surface area contributed by atoms with E-state index in [1.165, 1.54) is 12.1 Å². The fourth-order valence-electron chi connectivity index (χ4n) is 2.41. The van der Waals surface area contributed by atoms with Crippen LogP contribution in [0.5, 0.6) is 5.75 Å². The Morgan fingerprint density at radius 2 is 1.54 bits per heavy atom. The second-order valence-electron chi connectivity index (χ2n) is 5.31. The van der Waals surface area contributed by atoms with Crippen LogP contribution in [0.25, 0.3) is 10.8 Å². The third-order valence-corrected chi connectivity index (χ3v) is 3.64. The molecule has 0 aliphatic heterocycles. The smallest absolute Gasteiger partial charge is 0.418 e. The first-order chi connectivity index (χ1) is 12.3. The number of phenols is 1. The van der Waals surface area contributed by atoms with Gasteiger partial charge in [-0.15, -0.1) is 10.2 Å². The molecule has 0 aliphatic carbocycles. The van der Waals surface area contributed by atoms with Crippen molar-refractivity contribution in [2.75, 3.05) is 0 Å². The number of hydrogen-bond acceptors (Lipinski definition) is 5. The lowest BCUT2D eigenvalue weighted by molar-refractivity contribution is -0.385. The van der Waals surface area contributed by atoms with Crippen molar-refractivity contribution in [1.82, 2.24) is 0 Å². The van der Waals surface area contributed by atoms with E-state index >= 15 is 0 Å². The van der Waals surface area contributed by atoms with Gasteiger partial charge in [0.05, 0.1) is 21.9 Å². The Morgan fingerprint density at radius 1 is 0.923 bits per heavy atom. The van der Waals surface area contributed by atoms with Crippen LogP contribution in [0.4, 0.5) is 30.2 Å². The molecule has 0 unspecified atom stereocenters. The van der Waals surface area contributed by atoms with Crippen molar-refractivity contribution in [2.24, 2.45) is 10.2 Å². The van der Waals surface area contributed by atoms with Crippen molar-refractivity contribution in [2.45, 2.75) is 6.18 Å². The molecule has 0 saturated heterocycles. The summed E-state index contributed by atoms with van der Waals surface area (Å²) in [4.78, 5) is 9.80. The highest BCUT2D eigenvalue weighted by Gasteiger charge is 2.35. The lowest BCUT2D eigenvalue weighted by Crippen LogP contribution is -2.06. The van der Waals surface area contributed by atoms with Gasteiger partial charge in [-0.3, -0.25) is 10.1 Å². The molecule has 9 heteroatoms. The maximum Gasteiger partial charge on any atom is 0.418 e. The zero-order valence-electron chi connectivity index (χ0n) is 12.9. The zero-order valence-corrected chi connectivity index (χ0v) is 12.9. The molecule has 6 nitrogen and oxygen atoms in total. The Kier molecular flexibility index (Phi) is 4.29. The number of non-ortho nitro benzene ring substituents is 1. The van der Waals surface area contributed by atoms with Gasteiger partial charge in [-0.2, -0.15) is 13.2 Å². The van der Waals surface area contributed by atoms with Gasteiger partial charge in [0.25, 0.3) is 5.69 Å². The summed E-state index contributed by atoms with van der Waals surface area (Å²) < 4.78 is 39.5. The molecule has 3 aromatic carbocycles. The van der Waals surface area contributed by atoms with Gasteiger partial charge in [-0.25, -0.2) is 0 Å². The van der Waals surface area contributed by atoms with Gasteiger partial charge >= 0.3 is 6.18 Å². The Balaban J connectivity index is 2.10. The van der Waals surface area contributed by atoms with Crippen LogP contribution < -0.4 is 0 Å². The number of azo groups is 1. The first-order valence-electron chi connectivity index (χ1n) is 7.25. The van der Waals surface area contributed by atoms with Gasteiger partial charge < -0.3 is 5.11 Å². The summed E-state index contributed by atoms with van der Waals surface area (Å²) in [5, 5.41) is 29.0. The number of nitro benzene ring substituents is 1. The van der Waals surface area contributed by atoms with Gasteiger partial charge in [-0.05, 0) is 18.2 Å². The maximum atomic E-state index is 13.2. The highest BCUT2D eigenvalue weighted by Crippen LogP contribution is 2.40. The number of fused-ring (bicyclic) bond motifs is 1. The standard InChI is InChI=1S/C17H10F3N3O3/c18-17(19,20)13-9-10(23(25)26)5-6-15(13)22-21-14-7-8-16(24)12-4-2-1-3-11(12)14/h1-9,24H. The topological polar surface area (TPSA) is 88.1 Å². The van der Waals surface area contributed by atoms with Crippen molar-refractivity contribution in [3.05, 3.63) is 70.3 Å². The molecule has 3 aromatic rings. The quantitative estimate of drug-likeness (QED) is 0.358. The van der Waals surface area contributed by atoms with Crippen LogP contribution in [0.3, 0.4) is 0 Å². The number of halogens is 3. The highest BCUT2D eigenvalue weighted by atomic mass is 19.4. The van der Waals surface area contributed by atoms with Crippen LogP contribution in [-0.2, 0) is 6.18 Å². The van der Waals surface area contributed by atoms with Crippen LogP contribution in [0.1, 0.15) is 5.56 Å². The molecule has 0 heterocycles. The second-order valence-corrected chi connectivity index (χ2v) is 5.31. The number of alkyl halides is 3. The Labute approximate surface area is 144 Å². The molecule has 0 aromatic heterocycles. The van der Waals surface area contributed by atoms with E-state index in [2.05, 4.69) is 10.2 Å². The van der Waals surface area contributed by atoms with E-state index in [1.54, 1.807) is 24.3 Å². The zero-order chi connectivity index (χ0) is 18.9. The van der Waals surface area contributed by atoms with E-state index in [4.69, 9.17) is 0 Å². The average molecular weight is 361 g/mol. The van der Waals surface area contributed by atoms with Crippen LogP contribution in [0.2, 0.25) is 0 Å². The summed E-state index contributed by atoms with van der Waals surface area (Å²) >= 11 is 0. The summed E-state index contributed by atoms with van der Waals surface area (Å²) in [6, 6.07) is 11.7. The molecule has 0 radical (unpaired) electrons. The minimum absolute atomic E-state index is 0.00543. The molecule has 0 aliphatic rings. The number of benzene rings is 3. The van der Waals surface area contributed by atoms with Crippen molar-refractivity contribution >= 4 is 27.8 Å². The number of hydrogen-bond donors (Lipinski definition) is 1. The summed E-state index contributed by atoms with van der Waals surface area (Å²) in [6.45, 7) is 0. The minimum atomic E-state index is -4.82. The van der Waals surface area contributed by atoms with Crippen molar-refractivity contribution in [1.29, 1.82) is 0 Å². The second kappa shape index (κ2) is 6.43. The summed E-state index contributed by atoms with van der Waals surface area (Å²) in [6.07, 6.45) is -4.82. The lowest BCUT2D eigenvalue weighted by Gasteiger charge is -2.09.